The van der Waals surface area contributed by atoms with Crippen LogP contribution in [0.2, 0.25) is 0 Å². The van der Waals surface area contributed by atoms with Gasteiger partial charge in [0.25, 0.3) is 15.9 Å². The van der Waals surface area contributed by atoms with Crippen LogP contribution in [0.4, 0.5) is 14.8 Å². The highest BCUT2D eigenvalue weighted by molar-refractivity contribution is 7.89. The number of primary sulfonamides is 1. The number of amides is 1. The van der Waals surface area contributed by atoms with E-state index in [-0.39, 0.29) is 47.8 Å². The molecule has 176 valence electrons. The van der Waals surface area contributed by atoms with Gasteiger partial charge in [0.1, 0.15) is 17.4 Å². The summed E-state index contributed by atoms with van der Waals surface area (Å²) in [6.07, 6.45) is 1.46. The number of anilines is 1. The molecule has 0 fully saturated rings. The van der Waals surface area contributed by atoms with Crippen LogP contribution in [0.3, 0.4) is 0 Å². The third kappa shape index (κ3) is 6.20. The molecule has 0 atom stereocenters. The second-order valence-corrected chi connectivity index (χ2v) is 8.35. The highest BCUT2D eigenvalue weighted by atomic mass is 32.2. The number of sulfonamides is 1. The first-order valence-corrected chi connectivity index (χ1v) is 11.1. The first-order valence-electron chi connectivity index (χ1n) is 9.51. The molecule has 0 unspecified atom stereocenters. The number of halogens is 2. The first-order chi connectivity index (χ1) is 15.6. The second-order valence-electron chi connectivity index (χ2n) is 6.84. The normalized spacial score (nSPS) is 11.4. The summed E-state index contributed by atoms with van der Waals surface area (Å²) in [5.74, 6) is -2.27. The predicted octanol–water partition coefficient (Wildman–Crippen LogP) is 1.14. The minimum atomic E-state index is -3.98. The Morgan fingerprint density at radius 3 is 2.55 bits per heavy atom. The number of nitrogens with zero attached hydrogens (tertiary/aromatic N) is 4. The molecule has 2 aromatic heterocycles. The fourth-order valence-corrected chi connectivity index (χ4v) is 3.36. The highest BCUT2D eigenvalue weighted by Crippen LogP contribution is 2.24. The van der Waals surface area contributed by atoms with Crippen molar-refractivity contribution in [3.8, 4) is 5.75 Å². The molecule has 0 aliphatic heterocycles. The second kappa shape index (κ2) is 9.87. The van der Waals surface area contributed by atoms with Crippen LogP contribution >= 0.6 is 0 Å². The summed E-state index contributed by atoms with van der Waals surface area (Å²) in [5, 5.41) is 11.9. The first kappa shape index (κ1) is 24.0. The Morgan fingerprint density at radius 2 is 1.97 bits per heavy atom. The van der Waals surface area contributed by atoms with E-state index in [4.69, 9.17) is 20.0 Å². The Labute approximate surface area is 187 Å². The summed E-state index contributed by atoms with van der Waals surface area (Å²) in [5.41, 5.74) is 6.00. The van der Waals surface area contributed by atoms with Gasteiger partial charge < -0.3 is 19.8 Å². The summed E-state index contributed by atoms with van der Waals surface area (Å²) >= 11 is 0. The molecule has 3 aromatic rings. The average molecular weight is 482 g/mol. The Balaban J connectivity index is 1.79. The number of carbonyl (C=O) groups excluding carboxylic acids is 1. The van der Waals surface area contributed by atoms with Gasteiger partial charge in [-0.1, -0.05) is 18.1 Å². The molecular formula is C19H20F2N6O5S. The number of hydrogen-bond acceptors (Lipinski definition) is 9. The molecule has 2 heterocycles. The zero-order valence-corrected chi connectivity index (χ0v) is 18.2. The van der Waals surface area contributed by atoms with E-state index >= 15 is 0 Å². The van der Waals surface area contributed by atoms with Crippen molar-refractivity contribution in [2.24, 2.45) is 5.14 Å². The SMILES string of the molecule is CCc1c(F)cc(F)cc1OCC(=O)N(Cc1ccc(S(N)(=O)=O)nc1)Cc1nnc(N)o1. The summed E-state index contributed by atoms with van der Waals surface area (Å²) in [7, 11) is -3.98. The number of carbonyl (C=O) groups is 1. The molecule has 0 aliphatic carbocycles. The lowest BCUT2D eigenvalue weighted by Crippen LogP contribution is -2.34. The van der Waals surface area contributed by atoms with E-state index < -0.39 is 34.2 Å². The molecule has 1 aromatic carbocycles. The van der Waals surface area contributed by atoms with Crippen molar-refractivity contribution < 1.29 is 31.1 Å². The molecule has 1 amide bonds. The fraction of sp³-hybridized carbons (Fsp3) is 0.263. The van der Waals surface area contributed by atoms with E-state index in [2.05, 4.69) is 15.2 Å². The van der Waals surface area contributed by atoms with Crippen LogP contribution in [-0.2, 0) is 34.3 Å². The number of nitrogens with two attached hydrogens (primary N) is 2. The molecule has 0 spiro atoms. The van der Waals surface area contributed by atoms with Gasteiger partial charge in [0, 0.05) is 30.4 Å². The van der Waals surface area contributed by atoms with Crippen LogP contribution in [0.15, 0.2) is 39.9 Å². The highest BCUT2D eigenvalue weighted by Gasteiger charge is 2.21. The maximum Gasteiger partial charge on any atom is 0.312 e. The van der Waals surface area contributed by atoms with E-state index in [1.54, 1.807) is 6.92 Å². The van der Waals surface area contributed by atoms with Crippen molar-refractivity contribution in [2.75, 3.05) is 12.3 Å². The third-order valence-electron chi connectivity index (χ3n) is 4.45. The summed E-state index contributed by atoms with van der Waals surface area (Å²) < 4.78 is 60.9. The largest absolute Gasteiger partial charge is 0.483 e. The van der Waals surface area contributed by atoms with Gasteiger partial charge in [-0.05, 0) is 18.1 Å². The molecule has 33 heavy (non-hydrogen) atoms. The maximum absolute atomic E-state index is 14.0. The van der Waals surface area contributed by atoms with Crippen molar-refractivity contribution in [1.29, 1.82) is 0 Å². The predicted molar refractivity (Wildman–Crippen MR) is 110 cm³/mol. The van der Waals surface area contributed by atoms with Gasteiger partial charge in [0.05, 0.1) is 6.54 Å². The van der Waals surface area contributed by atoms with Gasteiger partial charge in [-0.3, -0.25) is 4.79 Å². The topological polar surface area (TPSA) is 168 Å². The molecule has 4 N–H and O–H groups in total. The van der Waals surface area contributed by atoms with E-state index in [1.165, 1.54) is 23.2 Å². The van der Waals surface area contributed by atoms with E-state index in [0.29, 0.717) is 5.56 Å². The third-order valence-corrected chi connectivity index (χ3v) is 5.27. The maximum atomic E-state index is 14.0. The van der Waals surface area contributed by atoms with Crippen molar-refractivity contribution in [3.63, 3.8) is 0 Å². The number of hydrogen-bond donors (Lipinski definition) is 2. The summed E-state index contributed by atoms with van der Waals surface area (Å²) in [6, 6.07) is 4.15. The lowest BCUT2D eigenvalue weighted by atomic mass is 10.1. The van der Waals surface area contributed by atoms with Gasteiger partial charge in [0.15, 0.2) is 11.6 Å². The summed E-state index contributed by atoms with van der Waals surface area (Å²) in [4.78, 5) is 17.9. The van der Waals surface area contributed by atoms with E-state index in [0.717, 1.165) is 12.1 Å². The van der Waals surface area contributed by atoms with Gasteiger partial charge >= 0.3 is 6.01 Å². The molecule has 3 rings (SSSR count). The number of ether oxygens (including phenoxy) is 1. The molecule has 11 nitrogen and oxygen atoms in total. The van der Waals surface area contributed by atoms with Crippen molar-refractivity contribution >= 4 is 21.9 Å². The zero-order chi connectivity index (χ0) is 24.2. The monoisotopic (exact) mass is 482 g/mol. The average Bonchev–Trinajstić information content (AvgIpc) is 3.15. The minimum Gasteiger partial charge on any atom is -0.483 e. The smallest absolute Gasteiger partial charge is 0.312 e. The van der Waals surface area contributed by atoms with Gasteiger partial charge in [-0.2, -0.15) is 0 Å². The van der Waals surface area contributed by atoms with Crippen LogP contribution in [-0.4, -0.2) is 41.0 Å². The Hall–Kier alpha value is -3.65. The molecule has 0 aliphatic rings. The number of pyridine rings is 1. The molecule has 0 bridgehead atoms. The molecule has 14 heteroatoms. The molecule has 0 radical (unpaired) electrons. The lowest BCUT2D eigenvalue weighted by Gasteiger charge is -2.22. The van der Waals surface area contributed by atoms with E-state index in [9.17, 15) is 22.0 Å². The lowest BCUT2D eigenvalue weighted by molar-refractivity contribution is -0.135. The van der Waals surface area contributed by atoms with Crippen molar-refractivity contribution in [3.05, 3.63) is 59.1 Å². The quantitative estimate of drug-likeness (QED) is 0.454. The van der Waals surface area contributed by atoms with Gasteiger partial charge in [-0.15, -0.1) is 5.10 Å². The van der Waals surface area contributed by atoms with Crippen LogP contribution in [0, 0.1) is 11.6 Å². The van der Waals surface area contributed by atoms with Crippen LogP contribution in [0.1, 0.15) is 23.9 Å². The Morgan fingerprint density at radius 1 is 1.21 bits per heavy atom. The Bertz CT molecular complexity index is 1250. The van der Waals surface area contributed by atoms with Crippen LogP contribution < -0.4 is 15.6 Å². The van der Waals surface area contributed by atoms with Gasteiger partial charge in [0.2, 0.25) is 5.89 Å². The van der Waals surface area contributed by atoms with Crippen molar-refractivity contribution in [1.82, 2.24) is 20.1 Å². The number of nitrogen functional groups attached to an aromatic ring is 1. The Kier molecular flexibility index (Phi) is 7.18. The van der Waals surface area contributed by atoms with Crippen LogP contribution in [0.5, 0.6) is 5.75 Å². The fourth-order valence-electron chi connectivity index (χ4n) is 2.90. The molecule has 0 saturated heterocycles. The zero-order valence-electron chi connectivity index (χ0n) is 17.4. The van der Waals surface area contributed by atoms with Crippen molar-refractivity contribution in [2.45, 2.75) is 31.5 Å². The number of benzene rings is 1. The van der Waals surface area contributed by atoms with Crippen LogP contribution in [0.25, 0.3) is 0 Å². The number of rotatable bonds is 9. The van der Waals surface area contributed by atoms with E-state index in [1.807, 2.05) is 0 Å². The molecular weight excluding hydrogens is 462 g/mol. The van der Waals surface area contributed by atoms with Gasteiger partial charge in [-0.25, -0.2) is 27.3 Å². The standard InChI is InChI=1S/C19H20F2N6O5S/c1-2-13-14(21)5-12(20)6-15(13)31-10-18(28)27(9-16-25-26-19(22)32-16)8-11-3-4-17(24-7-11)33(23,29)30/h3-7H,2,8-10H2,1H3,(H2,22,26)(H2,23,29,30). The summed E-state index contributed by atoms with van der Waals surface area (Å²) in [6.45, 7) is 0.889. The molecule has 0 saturated carbocycles. The number of aromatic nitrogens is 3. The minimum absolute atomic E-state index is 0.0287.